The highest BCUT2D eigenvalue weighted by Crippen LogP contribution is 2.29. The highest BCUT2D eigenvalue weighted by molar-refractivity contribution is 6.30. The van der Waals surface area contributed by atoms with Gasteiger partial charge in [0.15, 0.2) is 0 Å². The predicted octanol–water partition coefficient (Wildman–Crippen LogP) is 2.77. The minimum absolute atomic E-state index is 0.0853. The number of esters is 1. The van der Waals surface area contributed by atoms with Crippen molar-refractivity contribution in [2.24, 2.45) is 0 Å². The van der Waals surface area contributed by atoms with Crippen LogP contribution in [0.2, 0.25) is 5.02 Å². The van der Waals surface area contributed by atoms with E-state index in [1.807, 2.05) is 30.3 Å². The number of anilines is 1. The fourth-order valence-electron chi connectivity index (χ4n) is 2.11. The molecule has 0 fully saturated rings. The highest BCUT2D eigenvalue weighted by atomic mass is 35.5. The van der Waals surface area contributed by atoms with Gasteiger partial charge in [-0.3, -0.25) is 10.1 Å². The monoisotopic (exact) mass is 304 g/mol. The second kappa shape index (κ2) is 7.11. The van der Waals surface area contributed by atoms with E-state index in [0.29, 0.717) is 10.7 Å². The van der Waals surface area contributed by atoms with Gasteiger partial charge in [-0.2, -0.15) is 0 Å². The summed E-state index contributed by atoms with van der Waals surface area (Å²) in [5.74, 6) is -0.337. The maximum absolute atomic E-state index is 11.4. The van der Waals surface area contributed by atoms with E-state index in [-0.39, 0.29) is 18.6 Å². The summed E-state index contributed by atoms with van der Waals surface area (Å²) in [4.78, 5) is 11.4. The molecule has 0 bridgehead atoms. The number of ether oxygens (including phenoxy) is 1. The maximum Gasteiger partial charge on any atom is 0.319 e. The molecule has 2 rings (SSSR count). The van der Waals surface area contributed by atoms with Gasteiger partial charge in [0.1, 0.15) is 0 Å². The van der Waals surface area contributed by atoms with E-state index in [2.05, 4.69) is 10.1 Å². The predicted molar refractivity (Wildman–Crippen MR) is 84.2 cm³/mol. The summed E-state index contributed by atoms with van der Waals surface area (Å²) in [6.45, 7) is 0.0853. The first kappa shape index (κ1) is 15.4. The summed E-state index contributed by atoms with van der Waals surface area (Å²) in [5, 5.41) is 3.76. The smallest absolute Gasteiger partial charge is 0.319 e. The van der Waals surface area contributed by atoms with Crippen molar-refractivity contribution < 1.29 is 9.53 Å². The van der Waals surface area contributed by atoms with Crippen LogP contribution in [0.5, 0.6) is 0 Å². The Bertz CT molecular complexity index is 617. The summed E-state index contributed by atoms with van der Waals surface area (Å²) >= 11 is 6.06. The zero-order valence-corrected chi connectivity index (χ0v) is 12.4. The highest BCUT2D eigenvalue weighted by Gasteiger charge is 2.18. The number of halogens is 1. The third-order valence-electron chi connectivity index (χ3n) is 3.17. The normalized spacial score (nSPS) is 11.9. The van der Waals surface area contributed by atoms with Crippen molar-refractivity contribution >= 4 is 23.3 Å². The van der Waals surface area contributed by atoms with E-state index < -0.39 is 0 Å². The van der Waals surface area contributed by atoms with Crippen LogP contribution < -0.4 is 11.1 Å². The molecule has 1 atom stereocenters. The molecule has 5 heteroatoms. The van der Waals surface area contributed by atoms with E-state index in [9.17, 15) is 4.79 Å². The Morgan fingerprint density at radius 2 is 2.00 bits per heavy atom. The SMILES string of the molecule is COC(=O)CN[C@H](c1ccccc1)c1cc(Cl)ccc1N. The van der Waals surface area contributed by atoms with E-state index >= 15 is 0 Å². The molecule has 3 N–H and O–H groups in total. The minimum atomic E-state index is -0.337. The largest absolute Gasteiger partial charge is 0.468 e. The van der Waals surface area contributed by atoms with Gasteiger partial charge in [0, 0.05) is 10.7 Å². The number of rotatable bonds is 5. The van der Waals surface area contributed by atoms with Crippen LogP contribution in [0, 0.1) is 0 Å². The summed E-state index contributed by atoms with van der Waals surface area (Å²) in [7, 11) is 1.36. The lowest BCUT2D eigenvalue weighted by Crippen LogP contribution is -2.29. The second-order valence-electron chi connectivity index (χ2n) is 4.57. The Morgan fingerprint density at radius 1 is 1.29 bits per heavy atom. The topological polar surface area (TPSA) is 64.3 Å². The van der Waals surface area contributed by atoms with Crippen LogP contribution in [0.3, 0.4) is 0 Å². The van der Waals surface area contributed by atoms with E-state index in [0.717, 1.165) is 11.1 Å². The zero-order chi connectivity index (χ0) is 15.2. The standard InChI is InChI=1S/C16H17ClN2O2/c1-21-15(20)10-19-16(11-5-3-2-4-6-11)13-9-12(17)7-8-14(13)18/h2-9,16,19H,10,18H2,1H3/t16-/m1/s1. The average molecular weight is 305 g/mol. The Labute approximate surface area is 128 Å². The summed E-state index contributed by atoms with van der Waals surface area (Å²) in [6, 6.07) is 14.8. The average Bonchev–Trinajstić information content (AvgIpc) is 2.51. The Morgan fingerprint density at radius 3 is 2.67 bits per heavy atom. The lowest BCUT2D eigenvalue weighted by molar-refractivity contribution is -0.139. The van der Waals surface area contributed by atoms with Gasteiger partial charge in [-0.25, -0.2) is 0 Å². The van der Waals surface area contributed by atoms with Gasteiger partial charge < -0.3 is 10.5 Å². The third kappa shape index (κ3) is 3.97. The van der Waals surface area contributed by atoms with Gasteiger partial charge in [-0.15, -0.1) is 0 Å². The number of carbonyl (C=O) groups is 1. The van der Waals surface area contributed by atoms with Gasteiger partial charge in [0.05, 0.1) is 19.7 Å². The first-order chi connectivity index (χ1) is 10.1. The summed E-state index contributed by atoms with van der Waals surface area (Å²) in [5.41, 5.74) is 8.49. The van der Waals surface area contributed by atoms with Crippen molar-refractivity contribution in [3.8, 4) is 0 Å². The number of carbonyl (C=O) groups excluding carboxylic acids is 1. The van der Waals surface area contributed by atoms with Gasteiger partial charge in [0.25, 0.3) is 0 Å². The van der Waals surface area contributed by atoms with Crippen LogP contribution in [0.4, 0.5) is 5.69 Å². The van der Waals surface area contributed by atoms with Crippen molar-refractivity contribution in [3.63, 3.8) is 0 Å². The molecule has 2 aromatic carbocycles. The van der Waals surface area contributed by atoms with E-state index in [1.165, 1.54) is 7.11 Å². The molecule has 0 unspecified atom stereocenters. The molecule has 0 aliphatic heterocycles. The van der Waals surface area contributed by atoms with Crippen LogP contribution in [0.1, 0.15) is 17.2 Å². The van der Waals surface area contributed by atoms with Crippen LogP contribution in [-0.2, 0) is 9.53 Å². The number of nitrogens with two attached hydrogens (primary N) is 1. The third-order valence-corrected chi connectivity index (χ3v) is 3.41. The number of hydrogen-bond acceptors (Lipinski definition) is 4. The molecule has 21 heavy (non-hydrogen) atoms. The Hall–Kier alpha value is -2.04. The van der Waals surface area contributed by atoms with Crippen LogP contribution in [0.15, 0.2) is 48.5 Å². The van der Waals surface area contributed by atoms with Crippen molar-refractivity contribution in [2.75, 3.05) is 19.4 Å². The first-order valence-electron chi connectivity index (χ1n) is 6.52. The van der Waals surface area contributed by atoms with Gasteiger partial charge in [-0.05, 0) is 29.3 Å². The number of nitrogens with one attached hydrogen (secondary N) is 1. The molecule has 0 spiro atoms. The lowest BCUT2D eigenvalue weighted by atomic mass is 9.97. The van der Waals surface area contributed by atoms with E-state index in [1.54, 1.807) is 18.2 Å². The van der Waals surface area contributed by atoms with Crippen molar-refractivity contribution in [3.05, 3.63) is 64.7 Å². The fraction of sp³-hybridized carbons (Fsp3) is 0.188. The Balaban J connectivity index is 2.35. The number of hydrogen-bond donors (Lipinski definition) is 2. The molecule has 110 valence electrons. The molecule has 4 nitrogen and oxygen atoms in total. The molecule has 0 aromatic heterocycles. The molecule has 0 saturated carbocycles. The van der Waals surface area contributed by atoms with E-state index in [4.69, 9.17) is 17.3 Å². The molecule has 0 aliphatic rings. The molecule has 0 radical (unpaired) electrons. The van der Waals surface area contributed by atoms with Crippen molar-refractivity contribution in [2.45, 2.75) is 6.04 Å². The molecular formula is C16H17ClN2O2. The number of nitrogen functional groups attached to an aromatic ring is 1. The summed E-state index contributed by atoms with van der Waals surface area (Å²) < 4.78 is 4.67. The van der Waals surface area contributed by atoms with Gasteiger partial charge >= 0.3 is 5.97 Å². The summed E-state index contributed by atoms with van der Waals surface area (Å²) in [6.07, 6.45) is 0. The molecular weight excluding hydrogens is 288 g/mol. The number of benzene rings is 2. The molecule has 2 aromatic rings. The van der Waals surface area contributed by atoms with Crippen LogP contribution in [-0.4, -0.2) is 19.6 Å². The fourth-order valence-corrected chi connectivity index (χ4v) is 2.29. The molecule has 0 heterocycles. The first-order valence-corrected chi connectivity index (χ1v) is 6.89. The van der Waals surface area contributed by atoms with Crippen molar-refractivity contribution in [1.29, 1.82) is 0 Å². The van der Waals surface area contributed by atoms with Crippen LogP contribution >= 0.6 is 11.6 Å². The zero-order valence-electron chi connectivity index (χ0n) is 11.7. The van der Waals surface area contributed by atoms with Gasteiger partial charge in [0.2, 0.25) is 0 Å². The molecule has 0 saturated heterocycles. The lowest BCUT2D eigenvalue weighted by Gasteiger charge is -2.21. The number of methoxy groups -OCH3 is 1. The molecule has 0 aliphatic carbocycles. The molecule has 0 amide bonds. The van der Waals surface area contributed by atoms with Crippen LogP contribution in [0.25, 0.3) is 0 Å². The minimum Gasteiger partial charge on any atom is -0.468 e. The maximum atomic E-state index is 11.4. The van der Waals surface area contributed by atoms with Crippen molar-refractivity contribution in [1.82, 2.24) is 5.32 Å². The second-order valence-corrected chi connectivity index (χ2v) is 5.01. The quantitative estimate of drug-likeness (QED) is 0.658. The van der Waals surface area contributed by atoms with Gasteiger partial charge in [-0.1, -0.05) is 41.9 Å². The Kier molecular flexibility index (Phi) is 5.20.